The molecule has 1 N–H and O–H groups in total. The van der Waals surface area contributed by atoms with Gasteiger partial charge < -0.3 is 4.74 Å². The number of esters is 1. The van der Waals surface area contributed by atoms with Crippen molar-refractivity contribution in [2.75, 3.05) is 7.11 Å². The van der Waals surface area contributed by atoms with Crippen molar-refractivity contribution < 1.29 is 31.1 Å². The van der Waals surface area contributed by atoms with Gasteiger partial charge in [0, 0.05) is 6.07 Å². The van der Waals surface area contributed by atoms with E-state index in [4.69, 9.17) is 0 Å². The Labute approximate surface area is 120 Å². The minimum Gasteiger partial charge on any atom is -0.468 e. The minimum atomic E-state index is -4.59. The molecule has 0 saturated heterocycles. The highest BCUT2D eigenvalue weighted by atomic mass is 32.2. The summed E-state index contributed by atoms with van der Waals surface area (Å²) >= 11 is 0. The van der Waals surface area contributed by atoms with Gasteiger partial charge in [-0.05, 0) is 19.4 Å². The maximum Gasteiger partial charge on any atom is 0.326 e. The number of benzene rings is 1. The fourth-order valence-corrected chi connectivity index (χ4v) is 3.05. The van der Waals surface area contributed by atoms with Crippen LogP contribution in [0.5, 0.6) is 0 Å². The lowest BCUT2D eigenvalue weighted by Crippen LogP contribution is -2.52. The zero-order valence-corrected chi connectivity index (χ0v) is 12.4. The van der Waals surface area contributed by atoms with Crippen molar-refractivity contribution in [3.05, 3.63) is 29.6 Å². The zero-order valence-electron chi connectivity index (χ0n) is 11.5. The Morgan fingerprint density at radius 1 is 1.24 bits per heavy atom. The topological polar surface area (TPSA) is 72.5 Å². The average Bonchev–Trinajstić information content (AvgIpc) is 2.40. The van der Waals surface area contributed by atoms with Crippen molar-refractivity contribution in [3.63, 3.8) is 0 Å². The Morgan fingerprint density at radius 2 is 1.76 bits per heavy atom. The van der Waals surface area contributed by atoms with Crippen LogP contribution in [0.25, 0.3) is 0 Å². The van der Waals surface area contributed by atoms with Gasteiger partial charge in [-0.2, -0.15) is 4.72 Å². The summed E-state index contributed by atoms with van der Waals surface area (Å²) in [5.74, 6) is -5.40. The Bertz CT molecular complexity index is 663. The fraction of sp³-hybridized carbons (Fsp3) is 0.417. The number of methoxy groups -OCH3 is 1. The van der Waals surface area contributed by atoms with Gasteiger partial charge in [0.05, 0.1) is 7.11 Å². The van der Waals surface area contributed by atoms with Gasteiger partial charge in [0.25, 0.3) is 0 Å². The second-order valence-electron chi connectivity index (χ2n) is 4.48. The van der Waals surface area contributed by atoms with Gasteiger partial charge in [0.1, 0.15) is 16.3 Å². The molecule has 118 valence electrons. The molecule has 1 rings (SSSR count). The van der Waals surface area contributed by atoms with Crippen molar-refractivity contribution in [2.45, 2.75) is 30.7 Å². The number of carbonyl (C=O) groups is 1. The van der Waals surface area contributed by atoms with Crippen molar-refractivity contribution in [1.82, 2.24) is 4.72 Å². The molecule has 0 unspecified atom stereocenters. The molecule has 0 aromatic heterocycles. The summed E-state index contributed by atoms with van der Waals surface area (Å²) in [6.45, 7) is 2.73. The van der Waals surface area contributed by atoms with E-state index in [0.717, 1.165) is 7.11 Å². The molecule has 5 nitrogen and oxygen atoms in total. The van der Waals surface area contributed by atoms with Crippen LogP contribution < -0.4 is 4.72 Å². The molecule has 1 atom stereocenters. The summed E-state index contributed by atoms with van der Waals surface area (Å²) in [5.41, 5.74) is -1.66. The second-order valence-corrected chi connectivity index (χ2v) is 6.13. The highest BCUT2D eigenvalue weighted by Crippen LogP contribution is 2.22. The molecule has 0 aliphatic heterocycles. The molecule has 0 amide bonds. The summed E-state index contributed by atoms with van der Waals surface area (Å²) < 4.78 is 70.0. The summed E-state index contributed by atoms with van der Waals surface area (Å²) in [6.07, 6.45) is 0.00417. The van der Waals surface area contributed by atoms with Crippen LogP contribution in [-0.4, -0.2) is 27.0 Å². The molecular formula is C12H14F3NO4S. The molecule has 0 aliphatic rings. The van der Waals surface area contributed by atoms with Gasteiger partial charge in [-0.15, -0.1) is 0 Å². The molecule has 9 heteroatoms. The molecule has 21 heavy (non-hydrogen) atoms. The second kappa shape index (κ2) is 6.02. The maximum atomic E-state index is 13.5. The summed E-state index contributed by atoms with van der Waals surface area (Å²) in [4.78, 5) is 10.5. The SMILES string of the molecule is CC[C@@](C)(NS(=O)(=O)c1cc(F)c(F)cc1F)C(=O)OC. The predicted octanol–water partition coefficient (Wildman–Crippen LogP) is 1.72. The smallest absolute Gasteiger partial charge is 0.326 e. The molecule has 0 saturated carbocycles. The molecule has 0 fully saturated rings. The van der Waals surface area contributed by atoms with Crippen molar-refractivity contribution >= 4 is 16.0 Å². The van der Waals surface area contributed by atoms with E-state index >= 15 is 0 Å². The number of hydrogen-bond acceptors (Lipinski definition) is 4. The summed E-state index contributed by atoms with van der Waals surface area (Å²) in [7, 11) is -3.53. The molecule has 0 bridgehead atoms. The first-order valence-corrected chi connectivity index (χ1v) is 7.32. The van der Waals surface area contributed by atoms with Gasteiger partial charge >= 0.3 is 5.97 Å². The third-order valence-corrected chi connectivity index (χ3v) is 4.58. The first-order valence-electron chi connectivity index (χ1n) is 5.84. The standard InChI is InChI=1S/C12H14F3NO4S/c1-4-12(2,11(17)20-3)16-21(18,19)10-6-8(14)7(13)5-9(10)15/h5-6,16H,4H2,1-3H3/t12-/m1/s1. The maximum absolute atomic E-state index is 13.5. The summed E-state index contributed by atoms with van der Waals surface area (Å²) in [6, 6.07) is 0.325. The molecule has 1 aromatic carbocycles. The number of hydrogen-bond donors (Lipinski definition) is 1. The quantitative estimate of drug-likeness (QED) is 0.661. The lowest BCUT2D eigenvalue weighted by atomic mass is 10.0. The van der Waals surface area contributed by atoms with E-state index in [1.807, 2.05) is 4.72 Å². The van der Waals surface area contributed by atoms with Crippen molar-refractivity contribution in [1.29, 1.82) is 0 Å². The molecular weight excluding hydrogens is 311 g/mol. The molecule has 1 aromatic rings. The van der Waals surface area contributed by atoms with Crippen molar-refractivity contribution in [3.8, 4) is 0 Å². The van der Waals surface area contributed by atoms with Crippen LogP contribution >= 0.6 is 0 Å². The van der Waals surface area contributed by atoms with E-state index in [1.165, 1.54) is 13.8 Å². The monoisotopic (exact) mass is 325 g/mol. The van der Waals surface area contributed by atoms with Gasteiger partial charge in [-0.3, -0.25) is 4.79 Å². The van der Waals surface area contributed by atoms with Crippen molar-refractivity contribution in [2.24, 2.45) is 0 Å². The third-order valence-electron chi connectivity index (χ3n) is 2.97. The van der Waals surface area contributed by atoms with Crippen LogP contribution in [0.2, 0.25) is 0 Å². The first-order chi connectivity index (χ1) is 9.57. The number of carbonyl (C=O) groups excluding carboxylic acids is 1. The average molecular weight is 325 g/mol. The largest absolute Gasteiger partial charge is 0.468 e. The summed E-state index contributed by atoms with van der Waals surface area (Å²) in [5, 5.41) is 0. The van der Waals surface area contributed by atoms with Gasteiger partial charge in [-0.25, -0.2) is 21.6 Å². The predicted molar refractivity (Wildman–Crippen MR) is 67.3 cm³/mol. The van der Waals surface area contributed by atoms with E-state index in [9.17, 15) is 26.4 Å². The van der Waals surface area contributed by atoms with Crippen LogP contribution in [-0.2, 0) is 19.6 Å². The zero-order chi connectivity index (χ0) is 16.4. The Kier molecular flexibility index (Phi) is 5.00. The van der Waals surface area contributed by atoms with Crippen LogP contribution in [0.4, 0.5) is 13.2 Å². The fourth-order valence-electron chi connectivity index (χ4n) is 1.55. The Morgan fingerprint density at radius 3 is 2.24 bits per heavy atom. The van der Waals surface area contributed by atoms with E-state index in [0.29, 0.717) is 0 Å². The van der Waals surface area contributed by atoms with E-state index in [-0.39, 0.29) is 18.6 Å². The Balaban J connectivity index is 3.30. The number of rotatable bonds is 5. The van der Waals surface area contributed by atoms with E-state index in [1.54, 1.807) is 0 Å². The third kappa shape index (κ3) is 3.53. The molecule has 0 spiro atoms. The number of ether oxygens (including phenoxy) is 1. The van der Waals surface area contributed by atoms with E-state index in [2.05, 4.69) is 4.74 Å². The van der Waals surface area contributed by atoms with Gasteiger partial charge in [0.2, 0.25) is 10.0 Å². The molecule has 0 aliphatic carbocycles. The van der Waals surface area contributed by atoms with Crippen LogP contribution in [0.15, 0.2) is 17.0 Å². The first kappa shape index (κ1) is 17.4. The lowest BCUT2D eigenvalue weighted by molar-refractivity contribution is -0.147. The highest BCUT2D eigenvalue weighted by molar-refractivity contribution is 7.89. The van der Waals surface area contributed by atoms with Crippen LogP contribution in [0, 0.1) is 17.5 Å². The van der Waals surface area contributed by atoms with Crippen LogP contribution in [0.3, 0.4) is 0 Å². The van der Waals surface area contributed by atoms with Gasteiger partial charge in [-0.1, -0.05) is 6.92 Å². The minimum absolute atomic E-state index is 0.00417. The number of sulfonamides is 1. The van der Waals surface area contributed by atoms with E-state index < -0.39 is 43.9 Å². The molecule has 0 radical (unpaired) electrons. The number of nitrogens with one attached hydrogen (secondary N) is 1. The Hall–Kier alpha value is -1.61. The lowest BCUT2D eigenvalue weighted by Gasteiger charge is -2.26. The normalized spacial score (nSPS) is 14.6. The van der Waals surface area contributed by atoms with Gasteiger partial charge in [0.15, 0.2) is 11.6 Å². The molecule has 0 heterocycles. The number of halogens is 3. The highest BCUT2D eigenvalue weighted by Gasteiger charge is 2.38. The van der Waals surface area contributed by atoms with Crippen LogP contribution in [0.1, 0.15) is 20.3 Å².